The van der Waals surface area contributed by atoms with Crippen LogP contribution in [0.1, 0.15) is 30.5 Å². The molecule has 0 radical (unpaired) electrons. The first-order chi connectivity index (χ1) is 12.9. The van der Waals surface area contributed by atoms with Gasteiger partial charge in [-0.05, 0) is 48.9 Å². The number of likely N-dealkylation sites (tertiary alicyclic amines) is 1. The fourth-order valence-electron chi connectivity index (χ4n) is 3.23. The number of hydrogen-bond donors (Lipinski definition) is 1. The Morgan fingerprint density at radius 1 is 1.30 bits per heavy atom. The predicted molar refractivity (Wildman–Crippen MR) is 99.5 cm³/mol. The van der Waals surface area contributed by atoms with Gasteiger partial charge in [0.05, 0.1) is 30.7 Å². The number of methoxy groups -OCH3 is 1. The zero-order valence-corrected chi connectivity index (χ0v) is 15.9. The third-order valence-corrected chi connectivity index (χ3v) is 5.03. The van der Waals surface area contributed by atoms with Crippen molar-refractivity contribution in [2.45, 2.75) is 32.1 Å². The number of hydrogen-bond acceptors (Lipinski definition) is 4. The van der Waals surface area contributed by atoms with Crippen molar-refractivity contribution in [2.24, 2.45) is 0 Å². The molecule has 1 aliphatic heterocycles. The summed E-state index contributed by atoms with van der Waals surface area (Å²) in [6, 6.07) is 9.23. The molecule has 0 spiro atoms. The van der Waals surface area contributed by atoms with Crippen LogP contribution in [0.3, 0.4) is 0 Å². The number of carbonyl (C=O) groups excluding carboxylic acids is 1. The molecule has 0 aliphatic carbocycles. The van der Waals surface area contributed by atoms with Crippen molar-refractivity contribution in [3.63, 3.8) is 0 Å². The van der Waals surface area contributed by atoms with Crippen molar-refractivity contribution in [3.8, 4) is 11.5 Å². The minimum atomic E-state index is -0.706. The third kappa shape index (κ3) is 4.34. The highest BCUT2D eigenvalue weighted by atomic mass is 35.5. The van der Waals surface area contributed by atoms with Gasteiger partial charge in [-0.25, -0.2) is 4.39 Å². The molecule has 144 valence electrons. The molecule has 1 aliphatic rings. The van der Waals surface area contributed by atoms with Crippen molar-refractivity contribution in [1.82, 2.24) is 4.90 Å². The Bertz CT molecular complexity index is 827. The van der Waals surface area contributed by atoms with E-state index in [1.165, 1.54) is 17.0 Å². The first kappa shape index (κ1) is 19.5. The Labute approximate surface area is 162 Å². The van der Waals surface area contributed by atoms with Gasteiger partial charge in [0, 0.05) is 12.1 Å². The number of aliphatic hydroxyl groups is 1. The van der Waals surface area contributed by atoms with Crippen LogP contribution in [0.25, 0.3) is 0 Å². The summed E-state index contributed by atoms with van der Waals surface area (Å²) in [5.74, 6) is 0.671. The largest absolute Gasteiger partial charge is 0.497 e. The summed E-state index contributed by atoms with van der Waals surface area (Å²) in [6.45, 7) is 2.13. The van der Waals surface area contributed by atoms with Crippen LogP contribution < -0.4 is 9.47 Å². The summed E-state index contributed by atoms with van der Waals surface area (Å²) in [5.41, 5.74) is 1.17. The molecule has 0 bridgehead atoms. The van der Waals surface area contributed by atoms with Gasteiger partial charge in [0.15, 0.2) is 0 Å². The lowest BCUT2D eigenvalue weighted by Gasteiger charge is -2.27. The van der Waals surface area contributed by atoms with E-state index in [0.29, 0.717) is 22.6 Å². The maximum atomic E-state index is 14.0. The van der Waals surface area contributed by atoms with E-state index in [9.17, 15) is 14.3 Å². The topological polar surface area (TPSA) is 59.0 Å². The van der Waals surface area contributed by atoms with Crippen LogP contribution in [-0.4, -0.2) is 35.7 Å². The SMILES string of the molecule is COc1ccc(OCc2c(Cl)cc(F)cc2[C@H](C)N2C[C@@H](O)CC2=O)cc1. The van der Waals surface area contributed by atoms with Gasteiger partial charge < -0.3 is 19.5 Å². The molecule has 1 N–H and O–H groups in total. The van der Waals surface area contributed by atoms with Gasteiger partial charge in [0.25, 0.3) is 0 Å². The first-order valence-electron chi connectivity index (χ1n) is 8.61. The van der Waals surface area contributed by atoms with E-state index in [4.69, 9.17) is 21.1 Å². The maximum absolute atomic E-state index is 14.0. The Kier molecular flexibility index (Phi) is 5.87. The van der Waals surface area contributed by atoms with Gasteiger partial charge in [-0.1, -0.05) is 11.6 Å². The van der Waals surface area contributed by atoms with Crippen LogP contribution in [0.15, 0.2) is 36.4 Å². The fraction of sp³-hybridized carbons (Fsp3) is 0.350. The highest BCUT2D eigenvalue weighted by molar-refractivity contribution is 6.31. The van der Waals surface area contributed by atoms with E-state index in [2.05, 4.69) is 0 Å². The molecule has 5 nitrogen and oxygen atoms in total. The number of β-amino-alcohol motifs (C(OH)–C–C–N with tert-alkyl or cyclic N) is 1. The average Bonchev–Trinajstić information content (AvgIpc) is 2.98. The maximum Gasteiger partial charge on any atom is 0.225 e. The number of amides is 1. The third-order valence-electron chi connectivity index (χ3n) is 4.69. The molecule has 1 fully saturated rings. The number of carbonyl (C=O) groups is 1. The molecular formula is C20H21ClFNO4. The van der Waals surface area contributed by atoms with E-state index < -0.39 is 18.0 Å². The van der Waals surface area contributed by atoms with Crippen LogP contribution in [-0.2, 0) is 11.4 Å². The van der Waals surface area contributed by atoms with Crippen molar-refractivity contribution in [1.29, 1.82) is 0 Å². The smallest absolute Gasteiger partial charge is 0.225 e. The summed E-state index contributed by atoms with van der Waals surface area (Å²) in [5, 5.41) is 9.98. The summed E-state index contributed by atoms with van der Waals surface area (Å²) < 4.78 is 24.9. The molecular weight excluding hydrogens is 373 g/mol. The van der Waals surface area contributed by atoms with Crippen LogP contribution in [0, 0.1) is 5.82 Å². The highest BCUT2D eigenvalue weighted by Crippen LogP contribution is 2.33. The highest BCUT2D eigenvalue weighted by Gasteiger charge is 2.33. The quantitative estimate of drug-likeness (QED) is 0.812. The van der Waals surface area contributed by atoms with Gasteiger partial charge in [0.1, 0.15) is 23.9 Å². The minimum absolute atomic E-state index is 0.0745. The second-order valence-electron chi connectivity index (χ2n) is 6.50. The Balaban J connectivity index is 1.84. The molecule has 27 heavy (non-hydrogen) atoms. The van der Waals surface area contributed by atoms with Crippen molar-refractivity contribution in [3.05, 3.63) is 58.4 Å². The summed E-state index contributed by atoms with van der Waals surface area (Å²) >= 11 is 6.27. The first-order valence-corrected chi connectivity index (χ1v) is 8.99. The van der Waals surface area contributed by atoms with Crippen LogP contribution in [0.4, 0.5) is 4.39 Å². The van der Waals surface area contributed by atoms with Gasteiger partial charge in [-0.2, -0.15) is 0 Å². The predicted octanol–water partition coefficient (Wildman–Crippen LogP) is 3.72. The molecule has 2 aromatic carbocycles. The monoisotopic (exact) mass is 393 g/mol. The molecule has 0 unspecified atom stereocenters. The van der Waals surface area contributed by atoms with E-state index >= 15 is 0 Å². The van der Waals surface area contributed by atoms with Crippen LogP contribution >= 0.6 is 11.6 Å². The normalized spacial score (nSPS) is 17.9. The Morgan fingerprint density at radius 2 is 1.96 bits per heavy atom. The van der Waals surface area contributed by atoms with Crippen molar-refractivity contribution in [2.75, 3.05) is 13.7 Å². The van der Waals surface area contributed by atoms with Crippen molar-refractivity contribution >= 4 is 17.5 Å². The van der Waals surface area contributed by atoms with E-state index in [1.54, 1.807) is 38.3 Å². The van der Waals surface area contributed by atoms with Crippen LogP contribution in [0.5, 0.6) is 11.5 Å². The zero-order valence-electron chi connectivity index (χ0n) is 15.1. The second-order valence-corrected chi connectivity index (χ2v) is 6.91. The van der Waals surface area contributed by atoms with Crippen molar-refractivity contribution < 1.29 is 23.8 Å². The van der Waals surface area contributed by atoms with Gasteiger partial charge in [-0.3, -0.25) is 4.79 Å². The summed E-state index contributed by atoms with van der Waals surface area (Å²) in [7, 11) is 1.58. The Hall–Kier alpha value is -2.31. The van der Waals surface area contributed by atoms with Gasteiger partial charge >= 0.3 is 0 Å². The number of aliphatic hydroxyl groups excluding tert-OH is 1. The number of halogens is 2. The van der Waals surface area contributed by atoms with E-state index in [0.717, 1.165) is 0 Å². The molecule has 1 amide bonds. The molecule has 7 heteroatoms. The standard InChI is InChI=1S/C20H21ClFNO4/c1-12(23-10-14(24)9-20(23)25)17-7-13(22)8-19(21)18(17)11-27-16-5-3-15(26-2)4-6-16/h3-8,12,14,24H,9-11H2,1-2H3/t12-,14-/m0/s1. The number of benzene rings is 2. The number of ether oxygens (including phenoxy) is 2. The van der Waals surface area contributed by atoms with Gasteiger partial charge in [0.2, 0.25) is 5.91 Å². The number of rotatable bonds is 6. The molecule has 1 saturated heterocycles. The number of nitrogens with zero attached hydrogens (tertiary/aromatic N) is 1. The lowest BCUT2D eigenvalue weighted by atomic mass is 10.0. The lowest BCUT2D eigenvalue weighted by Crippen LogP contribution is -2.30. The van der Waals surface area contributed by atoms with Gasteiger partial charge in [-0.15, -0.1) is 0 Å². The average molecular weight is 394 g/mol. The molecule has 2 aromatic rings. The Morgan fingerprint density at radius 3 is 2.56 bits per heavy atom. The van der Waals surface area contributed by atoms with E-state index in [-0.39, 0.29) is 30.5 Å². The molecule has 2 atom stereocenters. The zero-order chi connectivity index (χ0) is 19.6. The summed E-state index contributed by atoms with van der Waals surface area (Å²) in [6.07, 6.45) is -0.631. The fourth-order valence-corrected chi connectivity index (χ4v) is 3.50. The summed E-state index contributed by atoms with van der Waals surface area (Å²) in [4.78, 5) is 13.7. The minimum Gasteiger partial charge on any atom is -0.497 e. The second kappa shape index (κ2) is 8.15. The molecule has 0 aromatic heterocycles. The van der Waals surface area contributed by atoms with E-state index in [1.807, 2.05) is 0 Å². The molecule has 0 saturated carbocycles. The molecule has 3 rings (SSSR count). The van der Waals surface area contributed by atoms with Crippen LogP contribution in [0.2, 0.25) is 5.02 Å². The molecule has 1 heterocycles. The lowest BCUT2D eigenvalue weighted by molar-refractivity contribution is -0.129.